The van der Waals surface area contributed by atoms with Crippen LogP contribution in [-0.4, -0.2) is 47.1 Å². The summed E-state index contributed by atoms with van der Waals surface area (Å²) in [5.41, 5.74) is 9.36. The Labute approximate surface area is 240 Å². The van der Waals surface area contributed by atoms with Crippen LogP contribution in [0.15, 0.2) is 66.9 Å². The Bertz CT molecular complexity index is 1830. The van der Waals surface area contributed by atoms with Crippen LogP contribution >= 0.6 is 0 Å². The SMILES string of the molecule is Nc1nc(-c2nn(Cc3ccccc3F)c3ncccc23)nc2c1C(c1ccc(CCC(O)O)cc1)(C1CC1)C(=O)N2. The summed E-state index contributed by atoms with van der Waals surface area (Å²) in [6, 6.07) is 17.8. The molecule has 11 heteroatoms. The number of aromatic nitrogens is 5. The van der Waals surface area contributed by atoms with Gasteiger partial charge < -0.3 is 21.3 Å². The number of aliphatic hydroxyl groups excluding tert-OH is 1. The number of halogens is 1. The number of carbonyl (C=O) groups is 1. The first-order valence-corrected chi connectivity index (χ1v) is 13.9. The number of carbonyl (C=O) groups excluding carboxylic acids is 1. The van der Waals surface area contributed by atoms with Crippen LogP contribution in [0, 0.1) is 11.7 Å². The molecule has 10 nitrogen and oxygen atoms in total. The van der Waals surface area contributed by atoms with Crippen LogP contribution in [0.25, 0.3) is 22.6 Å². The van der Waals surface area contributed by atoms with Crippen molar-refractivity contribution in [2.45, 2.75) is 43.9 Å². The quantitative estimate of drug-likeness (QED) is 0.209. The van der Waals surface area contributed by atoms with Gasteiger partial charge in [-0.05, 0) is 54.5 Å². The van der Waals surface area contributed by atoms with E-state index in [1.165, 1.54) is 6.07 Å². The van der Waals surface area contributed by atoms with Gasteiger partial charge in [-0.25, -0.2) is 24.0 Å². The van der Waals surface area contributed by atoms with E-state index >= 15 is 0 Å². The van der Waals surface area contributed by atoms with Crippen LogP contribution in [0.3, 0.4) is 0 Å². The van der Waals surface area contributed by atoms with Crippen molar-refractivity contribution < 1.29 is 19.4 Å². The lowest BCUT2D eigenvalue weighted by atomic mass is 9.71. The van der Waals surface area contributed by atoms with Crippen molar-refractivity contribution in [1.29, 1.82) is 0 Å². The standard InChI is InChI=1S/C31H28FN7O3/c32-22-6-2-1-4-18(22)16-39-29-21(5-3-15-34-29)25(38-39)28-35-26(33)24-27(36-28)37-30(42)31(24,20-12-13-20)19-10-7-17(8-11-19)9-14-23(40)41/h1-8,10-11,15,20,23,40-41H,9,12-14,16H2,(H3,33,35,36,37,42). The minimum Gasteiger partial charge on any atom is -0.383 e. The van der Waals surface area contributed by atoms with Gasteiger partial charge in [0.15, 0.2) is 17.8 Å². The number of nitrogens with two attached hydrogens (primary N) is 1. The maximum absolute atomic E-state index is 14.5. The van der Waals surface area contributed by atoms with E-state index in [0.717, 1.165) is 24.0 Å². The first-order chi connectivity index (χ1) is 20.4. The Hall–Kier alpha value is -4.74. The van der Waals surface area contributed by atoms with Gasteiger partial charge in [0.1, 0.15) is 28.6 Å². The predicted molar refractivity (Wildman–Crippen MR) is 154 cm³/mol. The third-order valence-corrected chi connectivity index (χ3v) is 8.21. The molecule has 5 N–H and O–H groups in total. The van der Waals surface area contributed by atoms with Crippen LogP contribution < -0.4 is 11.1 Å². The van der Waals surface area contributed by atoms with Crippen LogP contribution in [0.1, 0.15) is 41.5 Å². The predicted octanol–water partition coefficient (Wildman–Crippen LogP) is 3.55. The number of rotatable bonds is 8. The Morgan fingerprint density at radius 1 is 1.07 bits per heavy atom. The van der Waals surface area contributed by atoms with Crippen LogP contribution in [0.2, 0.25) is 0 Å². The van der Waals surface area contributed by atoms with Gasteiger partial charge in [-0.3, -0.25) is 4.79 Å². The number of hydrogen-bond donors (Lipinski definition) is 4. The number of nitrogens with zero attached hydrogens (tertiary/aromatic N) is 5. The Morgan fingerprint density at radius 3 is 2.60 bits per heavy atom. The molecule has 1 saturated carbocycles. The number of nitrogen functional groups attached to an aromatic ring is 1. The summed E-state index contributed by atoms with van der Waals surface area (Å²) in [5.74, 6) is 0.283. The summed E-state index contributed by atoms with van der Waals surface area (Å²) in [6.45, 7) is 0.162. The van der Waals surface area contributed by atoms with Crippen LogP contribution in [-0.2, 0) is 23.2 Å². The molecular formula is C31H28FN7O3. The maximum Gasteiger partial charge on any atom is 0.241 e. The molecule has 1 unspecified atom stereocenters. The first-order valence-electron chi connectivity index (χ1n) is 13.9. The number of pyridine rings is 1. The second-order valence-electron chi connectivity index (χ2n) is 10.9. The van der Waals surface area contributed by atoms with Gasteiger partial charge in [0.25, 0.3) is 0 Å². The van der Waals surface area contributed by atoms with Crippen molar-refractivity contribution in [2.24, 2.45) is 5.92 Å². The molecule has 2 aromatic carbocycles. The number of aliphatic hydroxyl groups is 2. The normalized spacial score (nSPS) is 18.0. The number of hydrogen-bond acceptors (Lipinski definition) is 8. The highest BCUT2D eigenvalue weighted by Gasteiger charge is 2.59. The molecule has 1 fully saturated rings. The molecule has 1 atom stereocenters. The van der Waals surface area contributed by atoms with Gasteiger partial charge >= 0.3 is 0 Å². The average Bonchev–Trinajstić information content (AvgIpc) is 3.70. The van der Waals surface area contributed by atoms with E-state index < -0.39 is 11.7 Å². The number of amides is 1. The lowest BCUT2D eigenvalue weighted by Crippen LogP contribution is -2.38. The van der Waals surface area contributed by atoms with Crippen molar-refractivity contribution in [1.82, 2.24) is 24.7 Å². The molecular weight excluding hydrogens is 537 g/mol. The lowest BCUT2D eigenvalue weighted by Gasteiger charge is -2.28. The molecule has 7 rings (SSSR count). The summed E-state index contributed by atoms with van der Waals surface area (Å²) < 4.78 is 16.1. The van der Waals surface area contributed by atoms with Crippen molar-refractivity contribution in [2.75, 3.05) is 11.1 Å². The van der Waals surface area contributed by atoms with E-state index in [1.54, 1.807) is 35.1 Å². The smallest absolute Gasteiger partial charge is 0.241 e. The van der Waals surface area contributed by atoms with E-state index in [2.05, 4.69) is 15.3 Å². The summed E-state index contributed by atoms with van der Waals surface area (Å²) in [7, 11) is 0. The third-order valence-electron chi connectivity index (χ3n) is 8.21. The topological polar surface area (TPSA) is 152 Å². The van der Waals surface area contributed by atoms with Crippen LogP contribution in [0.4, 0.5) is 16.0 Å². The van der Waals surface area contributed by atoms with Crippen LogP contribution in [0.5, 0.6) is 0 Å². The molecule has 0 saturated heterocycles. The molecule has 1 amide bonds. The maximum atomic E-state index is 14.5. The third kappa shape index (κ3) is 4.20. The van der Waals surface area contributed by atoms with Gasteiger partial charge in [-0.1, -0.05) is 42.5 Å². The zero-order valence-corrected chi connectivity index (χ0v) is 22.5. The molecule has 1 aliphatic heterocycles. The van der Waals surface area contributed by atoms with Crippen molar-refractivity contribution in [3.05, 3.63) is 94.9 Å². The molecule has 0 radical (unpaired) electrons. The van der Waals surface area contributed by atoms with Gasteiger partial charge in [-0.2, -0.15) is 5.10 Å². The number of fused-ring (bicyclic) bond motifs is 2. The zero-order valence-electron chi connectivity index (χ0n) is 22.5. The van der Waals surface area contributed by atoms with E-state index in [1.807, 2.05) is 30.3 Å². The summed E-state index contributed by atoms with van der Waals surface area (Å²) >= 11 is 0. The Balaban J connectivity index is 1.31. The second-order valence-corrected chi connectivity index (χ2v) is 10.9. The average molecular weight is 566 g/mol. The minimum absolute atomic E-state index is 0.0469. The number of aryl methyl sites for hydroxylation is 1. The van der Waals surface area contributed by atoms with Crippen molar-refractivity contribution >= 4 is 28.6 Å². The van der Waals surface area contributed by atoms with E-state index in [-0.39, 0.29) is 42.3 Å². The van der Waals surface area contributed by atoms with Gasteiger partial charge in [-0.15, -0.1) is 0 Å². The van der Waals surface area contributed by atoms with E-state index in [0.29, 0.717) is 40.1 Å². The molecule has 212 valence electrons. The molecule has 0 bridgehead atoms. The summed E-state index contributed by atoms with van der Waals surface area (Å²) in [4.78, 5) is 27.7. The summed E-state index contributed by atoms with van der Waals surface area (Å²) in [5, 5.41) is 26.8. The molecule has 2 aliphatic rings. The molecule has 4 heterocycles. The Morgan fingerprint density at radius 2 is 1.86 bits per heavy atom. The molecule has 1 aliphatic carbocycles. The fourth-order valence-electron chi connectivity index (χ4n) is 6.10. The van der Waals surface area contributed by atoms with Crippen molar-refractivity contribution in [3.8, 4) is 11.5 Å². The molecule has 0 spiro atoms. The number of benzene rings is 2. The number of nitrogens with one attached hydrogen (secondary N) is 1. The number of anilines is 2. The molecule has 42 heavy (non-hydrogen) atoms. The van der Waals surface area contributed by atoms with Gasteiger partial charge in [0.2, 0.25) is 5.91 Å². The highest BCUT2D eigenvalue weighted by atomic mass is 19.1. The molecule has 3 aromatic heterocycles. The summed E-state index contributed by atoms with van der Waals surface area (Å²) in [6.07, 6.45) is 2.72. The largest absolute Gasteiger partial charge is 0.383 e. The zero-order chi connectivity index (χ0) is 29.0. The highest BCUT2D eigenvalue weighted by molar-refractivity contribution is 6.10. The molecule has 5 aromatic rings. The van der Waals surface area contributed by atoms with Gasteiger partial charge in [0, 0.05) is 18.2 Å². The van der Waals surface area contributed by atoms with E-state index in [4.69, 9.17) is 15.8 Å². The monoisotopic (exact) mass is 565 g/mol. The second kappa shape index (κ2) is 9.97. The van der Waals surface area contributed by atoms with Crippen molar-refractivity contribution in [3.63, 3.8) is 0 Å². The lowest BCUT2D eigenvalue weighted by molar-refractivity contribution is -0.120. The first kappa shape index (κ1) is 26.2. The Kier molecular flexibility index (Phi) is 6.21. The fraction of sp³-hybridized carbons (Fsp3) is 0.258. The fourth-order valence-corrected chi connectivity index (χ4v) is 6.10. The minimum atomic E-state index is -1.38. The van der Waals surface area contributed by atoms with E-state index in [9.17, 15) is 19.4 Å². The van der Waals surface area contributed by atoms with Gasteiger partial charge in [0.05, 0.1) is 17.5 Å². The highest BCUT2D eigenvalue weighted by Crippen LogP contribution is 2.57.